The van der Waals surface area contributed by atoms with Crippen molar-refractivity contribution in [3.8, 4) is 0 Å². The van der Waals surface area contributed by atoms with Gasteiger partial charge in [0.05, 0.1) is 0 Å². The van der Waals surface area contributed by atoms with Crippen LogP contribution in [0.3, 0.4) is 0 Å². The third-order valence-electron chi connectivity index (χ3n) is 6.28. The van der Waals surface area contributed by atoms with Crippen molar-refractivity contribution in [1.82, 2.24) is 15.1 Å². The monoisotopic (exact) mass is 355 g/mol. The molecule has 6 nitrogen and oxygen atoms in total. The van der Waals surface area contributed by atoms with Crippen molar-refractivity contribution in [1.29, 1.82) is 0 Å². The predicted molar refractivity (Wildman–Crippen MR) is 96.2 cm³/mol. The van der Waals surface area contributed by atoms with Crippen LogP contribution < -0.4 is 5.32 Å². The Balaban J connectivity index is 1.46. The molecule has 1 aromatic rings. The zero-order chi connectivity index (χ0) is 18.3. The molecule has 1 saturated carbocycles. The third-order valence-corrected chi connectivity index (χ3v) is 6.28. The minimum absolute atomic E-state index is 0.106. The smallest absolute Gasteiger partial charge is 0.325 e. The maximum Gasteiger partial charge on any atom is 0.325 e. The van der Waals surface area contributed by atoms with Crippen molar-refractivity contribution in [3.05, 3.63) is 35.4 Å². The molecule has 1 N–H and O–H groups in total. The maximum absolute atomic E-state index is 13.0. The standard InChI is InChI=1S/C20H25N3O3/c1-14-6-4-5-10-20(14)18(25)23(19(26)21-20)13-17(24)22-11-9-15-7-2-3-8-16(15)12-22/h2-3,7-8,14H,4-6,9-13H2,1H3,(H,21,26)/t14-,20-/m1/s1. The van der Waals surface area contributed by atoms with E-state index in [1.807, 2.05) is 25.1 Å². The van der Waals surface area contributed by atoms with Crippen molar-refractivity contribution in [2.24, 2.45) is 5.92 Å². The molecule has 2 heterocycles. The van der Waals surface area contributed by atoms with Gasteiger partial charge in [-0.2, -0.15) is 0 Å². The molecule has 2 aliphatic heterocycles. The van der Waals surface area contributed by atoms with E-state index in [0.717, 1.165) is 36.1 Å². The van der Waals surface area contributed by atoms with Gasteiger partial charge in [-0.3, -0.25) is 14.5 Å². The lowest BCUT2D eigenvalue weighted by Crippen LogP contribution is -2.54. The first-order chi connectivity index (χ1) is 12.5. The summed E-state index contributed by atoms with van der Waals surface area (Å²) in [6.07, 6.45) is 4.42. The lowest BCUT2D eigenvalue weighted by molar-refractivity contribution is -0.141. The molecular formula is C20H25N3O3. The summed E-state index contributed by atoms with van der Waals surface area (Å²) in [5, 5.41) is 2.91. The highest BCUT2D eigenvalue weighted by molar-refractivity contribution is 6.09. The van der Waals surface area contributed by atoms with Gasteiger partial charge in [0, 0.05) is 13.1 Å². The molecule has 138 valence electrons. The van der Waals surface area contributed by atoms with Gasteiger partial charge in [0.25, 0.3) is 5.91 Å². The highest BCUT2D eigenvalue weighted by Crippen LogP contribution is 2.38. The fourth-order valence-electron chi connectivity index (χ4n) is 4.58. The van der Waals surface area contributed by atoms with Gasteiger partial charge in [0.1, 0.15) is 12.1 Å². The Morgan fingerprint density at radius 3 is 2.77 bits per heavy atom. The normalized spacial score (nSPS) is 28.3. The topological polar surface area (TPSA) is 69.7 Å². The van der Waals surface area contributed by atoms with E-state index in [4.69, 9.17) is 0 Å². The van der Waals surface area contributed by atoms with Crippen LogP contribution in [0, 0.1) is 5.92 Å². The molecule has 2 fully saturated rings. The van der Waals surface area contributed by atoms with Crippen LogP contribution in [0.25, 0.3) is 0 Å². The number of carbonyl (C=O) groups is 3. The van der Waals surface area contributed by atoms with E-state index in [9.17, 15) is 14.4 Å². The van der Waals surface area contributed by atoms with Gasteiger partial charge in [-0.15, -0.1) is 0 Å². The Morgan fingerprint density at radius 2 is 2.00 bits per heavy atom. The summed E-state index contributed by atoms with van der Waals surface area (Å²) in [5.74, 6) is -0.279. The quantitative estimate of drug-likeness (QED) is 0.826. The van der Waals surface area contributed by atoms with Crippen molar-refractivity contribution in [3.63, 3.8) is 0 Å². The molecule has 0 aromatic heterocycles. The van der Waals surface area contributed by atoms with Gasteiger partial charge in [-0.25, -0.2) is 4.79 Å². The number of urea groups is 1. The van der Waals surface area contributed by atoms with Crippen molar-refractivity contribution < 1.29 is 14.4 Å². The summed E-state index contributed by atoms with van der Waals surface area (Å²) < 4.78 is 0. The van der Waals surface area contributed by atoms with Crippen LogP contribution in [-0.4, -0.2) is 46.3 Å². The molecule has 1 aliphatic carbocycles. The largest absolute Gasteiger partial charge is 0.336 e. The summed E-state index contributed by atoms with van der Waals surface area (Å²) in [4.78, 5) is 41.1. The molecule has 0 unspecified atom stereocenters. The van der Waals surface area contributed by atoms with Crippen LogP contribution in [0.2, 0.25) is 0 Å². The second-order valence-electron chi connectivity index (χ2n) is 7.77. The molecular weight excluding hydrogens is 330 g/mol. The summed E-state index contributed by atoms with van der Waals surface area (Å²) in [5.41, 5.74) is 1.60. The van der Waals surface area contributed by atoms with Gasteiger partial charge < -0.3 is 10.2 Å². The average molecular weight is 355 g/mol. The fraction of sp³-hybridized carbons (Fsp3) is 0.550. The number of hydrogen-bond acceptors (Lipinski definition) is 3. The molecule has 26 heavy (non-hydrogen) atoms. The van der Waals surface area contributed by atoms with Gasteiger partial charge >= 0.3 is 6.03 Å². The van der Waals surface area contributed by atoms with Crippen LogP contribution in [0.5, 0.6) is 0 Å². The first-order valence-electron chi connectivity index (χ1n) is 9.50. The molecule has 4 rings (SSSR count). The highest BCUT2D eigenvalue weighted by atomic mass is 16.2. The molecule has 6 heteroatoms. The number of imide groups is 1. The van der Waals surface area contributed by atoms with Crippen LogP contribution in [0.4, 0.5) is 4.79 Å². The zero-order valence-corrected chi connectivity index (χ0v) is 15.2. The van der Waals surface area contributed by atoms with Crippen LogP contribution in [-0.2, 0) is 22.6 Å². The molecule has 2 atom stereocenters. The van der Waals surface area contributed by atoms with Crippen molar-refractivity contribution in [2.75, 3.05) is 13.1 Å². The third kappa shape index (κ3) is 2.68. The lowest BCUT2D eigenvalue weighted by atomic mass is 9.73. The molecule has 4 amide bonds. The van der Waals surface area contributed by atoms with E-state index in [-0.39, 0.29) is 24.3 Å². The highest BCUT2D eigenvalue weighted by Gasteiger charge is 2.55. The van der Waals surface area contributed by atoms with E-state index in [0.29, 0.717) is 19.5 Å². The number of nitrogens with zero attached hydrogens (tertiary/aromatic N) is 2. The second-order valence-corrected chi connectivity index (χ2v) is 7.77. The second kappa shape index (κ2) is 6.41. The van der Waals surface area contributed by atoms with Gasteiger partial charge in [-0.05, 0) is 36.3 Å². The van der Waals surface area contributed by atoms with E-state index >= 15 is 0 Å². The first kappa shape index (κ1) is 17.1. The van der Waals surface area contributed by atoms with Gasteiger partial charge in [0.2, 0.25) is 5.91 Å². The number of amides is 4. The molecule has 3 aliphatic rings. The number of rotatable bonds is 2. The van der Waals surface area contributed by atoms with E-state index < -0.39 is 11.6 Å². The predicted octanol–water partition coefficient (Wildman–Crippen LogP) is 2.07. The Morgan fingerprint density at radius 1 is 1.23 bits per heavy atom. The molecule has 0 radical (unpaired) electrons. The van der Waals surface area contributed by atoms with Crippen molar-refractivity contribution in [2.45, 2.75) is 51.1 Å². The van der Waals surface area contributed by atoms with Crippen LogP contribution in [0.15, 0.2) is 24.3 Å². The van der Waals surface area contributed by atoms with Gasteiger partial charge in [0.15, 0.2) is 0 Å². The summed E-state index contributed by atoms with van der Waals surface area (Å²) in [7, 11) is 0. The Kier molecular flexibility index (Phi) is 4.21. The number of nitrogens with one attached hydrogen (secondary N) is 1. The SMILES string of the molecule is C[C@@H]1CCCC[C@@]12NC(=O)N(CC(=O)N1CCc3ccccc3C1)C2=O. The Bertz CT molecular complexity index is 762. The molecule has 1 spiro atoms. The average Bonchev–Trinajstić information content (AvgIpc) is 2.89. The first-order valence-corrected chi connectivity index (χ1v) is 9.50. The zero-order valence-electron chi connectivity index (χ0n) is 15.2. The lowest BCUT2D eigenvalue weighted by Gasteiger charge is -2.37. The minimum Gasteiger partial charge on any atom is -0.336 e. The van der Waals surface area contributed by atoms with Crippen molar-refractivity contribution >= 4 is 17.8 Å². The summed E-state index contributed by atoms with van der Waals surface area (Å²) in [6, 6.07) is 7.67. The van der Waals surface area contributed by atoms with Crippen LogP contribution in [0.1, 0.15) is 43.7 Å². The van der Waals surface area contributed by atoms with Gasteiger partial charge in [-0.1, -0.05) is 44.0 Å². The number of hydrogen-bond donors (Lipinski definition) is 1. The number of fused-ring (bicyclic) bond motifs is 1. The summed E-state index contributed by atoms with van der Waals surface area (Å²) in [6.45, 7) is 3.02. The number of carbonyl (C=O) groups excluding carboxylic acids is 3. The molecule has 0 bridgehead atoms. The minimum atomic E-state index is -0.801. The maximum atomic E-state index is 13.0. The van der Waals surface area contributed by atoms with E-state index in [1.165, 1.54) is 5.56 Å². The number of benzene rings is 1. The van der Waals surface area contributed by atoms with Crippen LogP contribution >= 0.6 is 0 Å². The van der Waals surface area contributed by atoms with E-state index in [1.54, 1.807) is 4.90 Å². The molecule has 1 saturated heterocycles. The Labute approximate surface area is 153 Å². The summed E-state index contributed by atoms with van der Waals surface area (Å²) >= 11 is 0. The fourth-order valence-corrected chi connectivity index (χ4v) is 4.58. The Hall–Kier alpha value is -2.37. The van der Waals surface area contributed by atoms with E-state index in [2.05, 4.69) is 11.4 Å². The molecule has 1 aromatic carbocycles.